The molecule has 0 amide bonds. The number of hydrogen-bond donors (Lipinski definition) is 0. The summed E-state index contributed by atoms with van der Waals surface area (Å²) >= 11 is 0. The summed E-state index contributed by atoms with van der Waals surface area (Å²) in [6.45, 7) is 13.0. The fraction of sp³-hybridized carbons (Fsp3) is 0.800. The van der Waals surface area contributed by atoms with Gasteiger partial charge < -0.3 is 9.47 Å². The van der Waals surface area contributed by atoms with Crippen LogP contribution in [0.3, 0.4) is 0 Å². The van der Waals surface area contributed by atoms with Crippen molar-refractivity contribution in [3.05, 3.63) is 11.1 Å². The summed E-state index contributed by atoms with van der Waals surface area (Å²) in [4.78, 5) is 25.0. The van der Waals surface area contributed by atoms with Crippen molar-refractivity contribution in [2.75, 3.05) is 13.2 Å². The fourth-order valence-corrected chi connectivity index (χ4v) is 2.27. The van der Waals surface area contributed by atoms with E-state index in [1.807, 2.05) is 41.5 Å². The molecule has 4 heteroatoms. The summed E-state index contributed by atoms with van der Waals surface area (Å²) in [5.41, 5.74) is 0.993. The van der Waals surface area contributed by atoms with Crippen LogP contribution in [0.15, 0.2) is 11.1 Å². The zero-order chi connectivity index (χ0) is 18.5. The average Bonchev–Trinajstić information content (AvgIpc) is 2.50. The Kier molecular flexibility index (Phi) is 12.3. The van der Waals surface area contributed by atoms with Gasteiger partial charge in [-0.05, 0) is 37.5 Å². The molecule has 4 nitrogen and oxygen atoms in total. The molecule has 140 valence electrons. The molecule has 0 saturated carbocycles. The molecule has 0 spiro atoms. The molecular weight excluding hydrogens is 304 g/mol. The molecule has 0 atom stereocenters. The molecule has 0 N–H and O–H groups in total. The van der Waals surface area contributed by atoms with Crippen molar-refractivity contribution in [2.24, 2.45) is 11.8 Å². The molecule has 0 aliphatic carbocycles. The lowest BCUT2D eigenvalue weighted by Crippen LogP contribution is -2.20. The van der Waals surface area contributed by atoms with Crippen molar-refractivity contribution < 1.29 is 19.1 Å². The maximum absolute atomic E-state index is 12.5. The van der Waals surface area contributed by atoms with E-state index in [-0.39, 0.29) is 23.8 Å². The Hall–Kier alpha value is -1.32. The standard InChI is InChI=1S/C20H36O4/c1-7-9-11-23-19(21)17(13-15(3)4)18(14-16(5)6)20(22)24-12-10-8-2/h15-16H,7-14H2,1-6H3/b18-17-. The van der Waals surface area contributed by atoms with Crippen LogP contribution in [0, 0.1) is 11.8 Å². The molecule has 0 aromatic heterocycles. The Labute approximate surface area is 148 Å². The van der Waals surface area contributed by atoms with Crippen LogP contribution in [0.25, 0.3) is 0 Å². The van der Waals surface area contributed by atoms with Gasteiger partial charge in [-0.15, -0.1) is 0 Å². The van der Waals surface area contributed by atoms with Crippen molar-refractivity contribution in [3.8, 4) is 0 Å². The summed E-state index contributed by atoms with van der Waals surface area (Å²) in [5.74, 6) is -0.186. The Balaban J connectivity index is 5.42. The quantitative estimate of drug-likeness (QED) is 0.283. The van der Waals surface area contributed by atoms with E-state index >= 15 is 0 Å². The largest absolute Gasteiger partial charge is 0.462 e. The van der Waals surface area contributed by atoms with Crippen LogP contribution in [-0.2, 0) is 19.1 Å². The summed E-state index contributed by atoms with van der Waals surface area (Å²) in [7, 11) is 0. The molecule has 0 aliphatic rings. The average molecular weight is 341 g/mol. The van der Waals surface area contributed by atoms with Crippen LogP contribution >= 0.6 is 0 Å². The maximum atomic E-state index is 12.5. The maximum Gasteiger partial charge on any atom is 0.334 e. The van der Waals surface area contributed by atoms with Gasteiger partial charge in [-0.1, -0.05) is 54.4 Å². The Morgan fingerprint density at radius 3 is 1.29 bits per heavy atom. The number of carbonyl (C=O) groups excluding carboxylic acids is 2. The van der Waals surface area contributed by atoms with Gasteiger partial charge in [0.15, 0.2) is 0 Å². The highest BCUT2D eigenvalue weighted by Gasteiger charge is 2.24. The monoisotopic (exact) mass is 340 g/mol. The molecule has 0 radical (unpaired) electrons. The lowest BCUT2D eigenvalue weighted by atomic mass is 9.92. The van der Waals surface area contributed by atoms with E-state index in [2.05, 4.69) is 0 Å². The summed E-state index contributed by atoms with van der Waals surface area (Å²) in [6, 6.07) is 0. The first-order chi connectivity index (χ1) is 11.3. The SMILES string of the molecule is CCCCOC(=O)/C(CC(C)C)=C(/CC(C)C)C(=O)OCCCC. The molecule has 0 aliphatic heterocycles. The highest BCUT2D eigenvalue weighted by Crippen LogP contribution is 2.24. The summed E-state index contributed by atoms with van der Waals surface area (Å²) < 4.78 is 10.8. The third-order valence-electron chi connectivity index (χ3n) is 3.54. The molecule has 0 aromatic carbocycles. The van der Waals surface area contributed by atoms with Crippen molar-refractivity contribution in [1.82, 2.24) is 0 Å². The zero-order valence-corrected chi connectivity index (χ0v) is 16.4. The van der Waals surface area contributed by atoms with E-state index in [1.54, 1.807) is 0 Å². The highest BCUT2D eigenvalue weighted by molar-refractivity contribution is 6.00. The van der Waals surface area contributed by atoms with E-state index in [0.29, 0.717) is 37.2 Å². The van der Waals surface area contributed by atoms with E-state index < -0.39 is 0 Å². The molecule has 0 fully saturated rings. The van der Waals surface area contributed by atoms with Gasteiger partial charge in [0.05, 0.1) is 13.2 Å². The van der Waals surface area contributed by atoms with Gasteiger partial charge in [0.25, 0.3) is 0 Å². The molecular formula is C20H36O4. The minimum atomic E-state index is -0.361. The van der Waals surface area contributed by atoms with Gasteiger partial charge in [-0.25, -0.2) is 9.59 Å². The van der Waals surface area contributed by atoms with Crippen LogP contribution in [0.5, 0.6) is 0 Å². The van der Waals surface area contributed by atoms with Crippen molar-refractivity contribution >= 4 is 11.9 Å². The zero-order valence-electron chi connectivity index (χ0n) is 16.4. The van der Waals surface area contributed by atoms with Crippen LogP contribution in [0.2, 0.25) is 0 Å². The lowest BCUT2D eigenvalue weighted by Gasteiger charge is -2.17. The predicted octanol–water partition coefficient (Wildman–Crippen LogP) is 5.06. The van der Waals surface area contributed by atoms with Crippen LogP contribution < -0.4 is 0 Å². The van der Waals surface area contributed by atoms with E-state index in [0.717, 1.165) is 25.7 Å². The molecule has 0 heterocycles. The first-order valence-corrected chi connectivity index (χ1v) is 9.39. The van der Waals surface area contributed by atoms with Gasteiger partial charge in [0.2, 0.25) is 0 Å². The third kappa shape index (κ3) is 9.74. The number of carbonyl (C=O) groups is 2. The van der Waals surface area contributed by atoms with E-state index in [9.17, 15) is 9.59 Å². The first-order valence-electron chi connectivity index (χ1n) is 9.39. The van der Waals surface area contributed by atoms with Gasteiger partial charge in [-0.3, -0.25) is 0 Å². The minimum Gasteiger partial charge on any atom is -0.462 e. The third-order valence-corrected chi connectivity index (χ3v) is 3.54. The second-order valence-corrected chi connectivity index (χ2v) is 7.13. The van der Waals surface area contributed by atoms with Gasteiger partial charge in [0.1, 0.15) is 0 Å². The Bertz CT molecular complexity index is 370. The Morgan fingerprint density at radius 1 is 0.708 bits per heavy atom. The van der Waals surface area contributed by atoms with Crippen LogP contribution in [0.4, 0.5) is 0 Å². The van der Waals surface area contributed by atoms with Crippen LogP contribution in [0.1, 0.15) is 80.1 Å². The summed E-state index contributed by atoms with van der Waals surface area (Å²) in [6.07, 6.45) is 4.68. The van der Waals surface area contributed by atoms with E-state index in [4.69, 9.17) is 9.47 Å². The topological polar surface area (TPSA) is 52.6 Å². The van der Waals surface area contributed by atoms with Gasteiger partial charge in [0, 0.05) is 11.1 Å². The van der Waals surface area contributed by atoms with Gasteiger partial charge >= 0.3 is 11.9 Å². The molecule has 0 saturated heterocycles. The Morgan fingerprint density at radius 2 is 1.04 bits per heavy atom. The van der Waals surface area contributed by atoms with E-state index in [1.165, 1.54) is 0 Å². The smallest absolute Gasteiger partial charge is 0.334 e. The first kappa shape index (κ1) is 22.7. The normalized spacial score (nSPS) is 12.3. The van der Waals surface area contributed by atoms with Crippen LogP contribution in [-0.4, -0.2) is 25.2 Å². The van der Waals surface area contributed by atoms with Gasteiger partial charge in [-0.2, -0.15) is 0 Å². The lowest BCUT2D eigenvalue weighted by molar-refractivity contribution is -0.142. The molecule has 0 unspecified atom stereocenters. The number of unbranched alkanes of at least 4 members (excludes halogenated alkanes) is 2. The molecule has 0 aromatic rings. The molecule has 0 rings (SSSR count). The van der Waals surface area contributed by atoms with Crippen molar-refractivity contribution in [3.63, 3.8) is 0 Å². The van der Waals surface area contributed by atoms with Crippen molar-refractivity contribution in [2.45, 2.75) is 80.1 Å². The molecule has 24 heavy (non-hydrogen) atoms. The number of hydrogen-bond acceptors (Lipinski definition) is 4. The second kappa shape index (κ2) is 13.0. The minimum absolute atomic E-state index is 0.268. The second-order valence-electron chi connectivity index (χ2n) is 7.13. The van der Waals surface area contributed by atoms with Crippen molar-refractivity contribution in [1.29, 1.82) is 0 Å². The summed E-state index contributed by atoms with van der Waals surface area (Å²) in [5, 5.41) is 0. The predicted molar refractivity (Wildman–Crippen MR) is 97.7 cm³/mol. The number of rotatable bonds is 12. The highest BCUT2D eigenvalue weighted by atomic mass is 16.5. The fourth-order valence-electron chi connectivity index (χ4n) is 2.27. The number of esters is 2. The molecule has 0 bridgehead atoms. The number of ether oxygens (including phenoxy) is 2.